The van der Waals surface area contributed by atoms with Crippen molar-refractivity contribution in [3.63, 3.8) is 0 Å². The fraction of sp³-hybridized carbons (Fsp3) is 1.00. The summed E-state index contributed by atoms with van der Waals surface area (Å²) in [5, 5.41) is 0. The van der Waals surface area contributed by atoms with Crippen LogP contribution in [0.3, 0.4) is 0 Å². The highest BCUT2D eigenvalue weighted by Gasteiger charge is 3.19. The van der Waals surface area contributed by atoms with Crippen LogP contribution in [-0.2, 0) is 0 Å². The maximum atomic E-state index is 1.70. The summed E-state index contributed by atoms with van der Waals surface area (Å²) in [6.45, 7) is 0. The van der Waals surface area contributed by atoms with Crippen molar-refractivity contribution in [3.8, 4) is 0 Å². The minimum atomic E-state index is 1.09. The van der Waals surface area contributed by atoms with Crippen molar-refractivity contribution in [2.45, 2.75) is 12.8 Å². The third-order valence-corrected chi connectivity index (χ3v) is 21.0. The standard InChI is InChI=1S/C32H32/c1-3-4(1)8-7(3)11-12(8)16-15(11)18-20(16)24-22(18)26-28(24)32-29-25-21-17-13-9-5-2-6(5)10(9)14(13)19(17)23(21)27(25)31(29,32)30(26)32/h3-30H,1-2H2. The molecule has 0 aromatic carbocycles. The molecular formula is C32H32. The third kappa shape index (κ3) is 0.677. The highest BCUT2D eigenvalue weighted by Crippen LogP contribution is 3.21. The van der Waals surface area contributed by atoms with Crippen LogP contribution >= 0.6 is 0 Å². The lowest BCUT2D eigenvalue weighted by Gasteiger charge is -2.92. The summed E-state index contributed by atoms with van der Waals surface area (Å²) < 4.78 is 0. The van der Waals surface area contributed by atoms with Gasteiger partial charge in [-0.2, -0.15) is 0 Å². The van der Waals surface area contributed by atoms with Crippen molar-refractivity contribution in [2.75, 3.05) is 0 Å². The molecule has 0 radical (unpaired) electrons. The Labute approximate surface area is 189 Å². The minimum Gasteiger partial charge on any atom is -0.0465 e. The van der Waals surface area contributed by atoms with Crippen LogP contribution in [0.4, 0.5) is 0 Å². The van der Waals surface area contributed by atoms with Crippen LogP contribution < -0.4 is 0 Å². The summed E-state index contributed by atoms with van der Waals surface area (Å²) in [6, 6.07) is 0. The third-order valence-electron chi connectivity index (χ3n) is 21.0. The molecule has 0 nitrogen and oxygen atoms in total. The van der Waals surface area contributed by atoms with Crippen molar-refractivity contribution in [1.82, 2.24) is 0 Å². The molecule has 0 heterocycles. The average Bonchev–Trinajstić information content (AvgIpc) is 3.65. The molecule has 17 aliphatic carbocycles. The molecule has 17 fully saturated rings. The van der Waals surface area contributed by atoms with Gasteiger partial charge < -0.3 is 0 Å². The van der Waals surface area contributed by atoms with Crippen molar-refractivity contribution in [3.05, 3.63) is 0 Å². The molecule has 0 aromatic heterocycles. The molecule has 0 bridgehead atoms. The van der Waals surface area contributed by atoms with Crippen LogP contribution in [0.25, 0.3) is 0 Å². The molecule has 0 N–H and O–H groups in total. The summed E-state index contributed by atoms with van der Waals surface area (Å²) >= 11 is 0. The van der Waals surface area contributed by atoms with Gasteiger partial charge in [-0.15, -0.1) is 0 Å². The van der Waals surface area contributed by atoms with Gasteiger partial charge >= 0.3 is 0 Å². The van der Waals surface area contributed by atoms with Crippen molar-refractivity contribution >= 4 is 0 Å². The first-order valence-electron chi connectivity index (χ1n) is 15.9. The fourth-order valence-electron chi connectivity index (χ4n) is 21.7. The highest BCUT2D eigenvalue weighted by atomic mass is 15.2. The van der Waals surface area contributed by atoms with Crippen LogP contribution in [0, 0.1) is 177 Å². The molecular weight excluding hydrogens is 384 g/mol. The number of fused-ring (bicyclic) bond motifs is 37. The number of rotatable bonds is 0. The Balaban J connectivity index is 0.742. The maximum Gasteiger partial charge on any atom is -0.0124 e. The van der Waals surface area contributed by atoms with Crippen molar-refractivity contribution < 1.29 is 0 Å². The van der Waals surface area contributed by atoms with Gasteiger partial charge in [-0.05, 0) is 189 Å². The highest BCUT2D eigenvalue weighted by molar-refractivity contribution is 5.65. The smallest absolute Gasteiger partial charge is 0.0124 e. The molecule has 0 heteroatoms. The zero-order valence-corrected chi connectivity index (χ0v) is 18.6. The summed E-state index contributed by atoms with van der Waals surface area (Å²) in [5.74, 6) is 37.3. The van der Waals surface area contributed by atoms with Crippen LogP contribution in [0.1, 0.15) is 12.8 Å². The lowest BCUT2D eigenvalue weighted by Crippen LogP contribution is -2.89. The Hall–Kier alpha value is 0. The van der Waals surface area contributed by atoms with Crippen LogP contribution in [0.15, 0.2) is 0 Å². The molecule has 30 atom stereocenters. The SMILES string of the molecule is C1C2C1C1C2C2C1C1C2C2C1C1C2C2C1C13C4C5C6C7C8C9C%10CC%10C9C8C7C6C5C41C23. The lowest BCUT2D eigenvalue weighted by atomic mass is 9.12. The first-order chi connectivity index (χ1) is 15.9. The summed E-state index contributed by atoms with van der Waals surface area (Å²) in [5.41, 5.74) is 2.18. The van der Waals surface area contributed by atoms with E-state index in [9.17, 15) is 0 Å². The largest absolute Gasteiger partial charge is 0.0465 e. The first kappa shape index (κ1) is 13.3. The van der Waals surface area contributed by atoms with E-state index < -0.39 is 0 Å². The van der Waals surface area contributed by atoms with Gasteiger partial charge in [0.2, 0.25) is 0 Å². The normalized spacial score (nSPS) is 108. The lowest BCUT2D eigenvalue weighted by molar-refractivity contribution is -0.462. The fourth-order valence-corrected chi connectivity index (χ4v) is 21.7. The Morgan fingerprint density at radius 2 is 0.562 bits per heavy atom. The van der Waals surface area contributed by atoms with Crippen LogP contribution in [0.2, 0.25) is 0 Å². The Bertz CT molecular complexity index is 1280. The van der Waals surface area contributed by atoms with Gasteiger partial charge in [-0.25, -0.2) is 0 Å². The second kappa shape index (κ2) is 2.91. The van der Waals surface area contributed by atoms with Crippen molar-refractivity contribution in [1.29, 1.82) is 0 Å². The predicted octanol–water partition coefficient (Wildman–Crippen LogP) is 4.22. The van der Waals surface area contributed by atoms with E-state index in [0.717, 1.165) is 10.8 Å². The van der Waals surface area contributed by atoms with Gasteiger partial charge in [0.05, 0.1) is 0 Å². The van der Waals surface area contributed by atoms with E-state index in [1.165, 1.54) is 166 Å². The summed E-state index contributed by atoms with van der Waals surface area (Å²) in [4.78, 5) is 0. The zero-order valence-electron chi connectivity index (χ0n) is 18.6. The van der Waals surface area contributed by atoms with E-state index in [0.29, 0.717) is 0 Å². The maximum absolute atomic E-state index is 1.70. The molecule has 160 valence electrons. The Kier molecular flexibility index (Phi) is 1.21. The average molecular weight is 417 g/mol. The summed E-state index contributed by atoms with van der Waals surface area (Å²) in [7, 11) is 0. The van der Waals surface area contributed by atoms with Gasteiger partial charge in [0, 0.05) is 0 Å². The molecule has 17 saturated carbocycles. The topological polar surface area (TPSA) is 0 Å². The second-order valence-corrected chi connectivity index (χ2v) is 18.5. The number of hydrogen-bond donors (Lipinski definition) is 0. The quantitative estimate of drug-likeness (QED) is 0.519. The molecule has 32 heavy (non-hydrogen) atoms. The van der Waals surface area contributed by atoms with E-state index >= 15 is 0 Å². The van der Waals surface area contributed by atoms with Crippen LogP contribution in [-0.4, -0.2) is 0 Å². The van der Waals surface area contributed by atoms with E-state index in [2.05, 4.69) is 0 Å². The van der Waals surface area contributed by atoms with Crippen LogP contribution in [0.5, 0.6) is 0 Å². The second-order valence-electron chi connectivity index (χ2n) is 18.5. The van der Waals surface area contributed by atoms with Gasteiger partial charge in [-0.3, -0.25) is 0 Å². The molecule has 17 rings (SSSR count). The van der Waals surface area contributed by atoms with Crippen molar-refractivity contribution in [2.24, 2.45) is 177 Å². The zero-order chi connectivity index (χ0) is 18.6. The number of hydrogen-bond acceptors (Lipinski definition) is 0. The summed E-state index contributed by atoms with van der Waals surface area (Å²) in [6.07, 6.45) is 3.39. The molecule has 0 saturated heterocycles. The van der Waals surface area contributed by atoms with E-state index in [1.807, 2.05) is 0 Å². The van der Waals surface area contributed by atoms with E-state index in [-0.39, 0.29) is 0 Å². The Morgan fingerprint density at radius 1 is 0.281 bits per heavy atom. The molecule has 30 unspecified atom stereocenters. The minimum absolute atomic E-state index is 1.09. The molecule has 0 aromatic rings. The molecule has 17 aliphatic rings. The monoisotopic (exact) mass is 416 g/mol. The molecule has 0 aliphatic heterocycles. The van der Waals surface area contributed by atoms with Gasteiger partial charge in [0.15, 0.2) is 0 Å². The first-order valence-corrected chi connectivity index (χ1v) is 15.9. The predicted molar refractivity (Wildman–Crippen MR) is 112 cm³/mol. The Morgan fingerprint density at radius 3 is 0.938 bits per heavy atom. The van der Waals surface area contributed by atoms with Gasteiger partial charge in [0.1, 0.15) is 0 Å². The molecule has 0 amide bonds. The van der Waals surface area contributed by atoms with E-state index in [4.69, 9.17) is 0 Å². The molecule has 2 spiro atoms. The van der Waals surface area contributed by atoms with E-state index in [1.54, 1.807) is 12.8 Å². The van der Waals surface area contributed by atoms with Gasteiger partial charge in [-0.1, -0.05) is 0 Å². The van der Waals surface area contributed by atoms with Gasteiger partial charge in [0.25, 0.3) is 0 Å².